The van der Waals surface area contributed by atoms with Gasteiger partial charge in [0.2, 0.25) is 0 Å². The molecule has 0 spiro atoms. The van der Waals surface area contributed by atoms with E-state index >= 15 is 0 Å². The van der Waals surface area contributed by atoms with Gasteiger partial charge in [-0.05, 0) is 52.7 Å². The summed E-state index contributed by atoms with van der Waals surface area (Å²) in [5.74, 6) is 0. The second-order valence-electron chi connectivity index (χ2n) is 7.72. The number of amides is 1. The predicted octanol–water partition coefficient (Wildman–Crippen LogP) is 2.46. The zero-order valence-corrected chi connectivity index (χ0v) is 16.5. The van der Waals surface area contributed by atoms with Gasteiger partial charge in [-0.1, -0.05) is 17.7 Å². The van der Waals surface area contributed by atoms with Gasteiger partial charge in [0.1, 0.15) is 5.60 Å². The Morgan fingerprint density at radius 3 is 2.23 bits per heavy atom. The van der Waals surface area contributed by atoms with Gasteiger partial charge < -0.3 is 14.7 Å². The summed E-state index contributed by atoms with van der Waals surface area (Å²) in [5.41, 5.74) is -0.941. The van der Waals surface area contributed by atoms with Gasteiger partial charge >= 0.3 is 6.09 Å². The molecule has 0 radical (unpaired) electrons. The molecule has 0 unspecified atom stereocenters. The molecule has 1 aromatic carbocycles. The van der Waals surface area contributed by atoms with Crippen molar-refractivity contribution in [3.63, 3.8) is 0 Å². The number of ether oxygens (including phenoxy) is 1. The van der Waals surface area contributed by atoms with Crippen molar-refractivity contribution in [3.8, 4) is 0 Å². The fraction of sp³-hybridized carbons (Fsp3) is 0.611. The van der Waals surface area contributed by atoms with E-state index in [4.69, 9.17) is 8.92 Å². The highest BCUT2D eigenvalue weighted by molar-refractivity contribution is 7.86. The molecule has 1 aromatic rings. The SMILES string of the molecule is Cc1ccc(S(=O)(=O)OCC2(O)CCN(C(=O)OC(C)(C)C)CC2)cc1. The molecule has 0 saturated carbocycles. The average molecular weight is 385 g/mol. The van der Waals surface area contributed by atoms with Gasteiger partial charge in [0.25, 0.3) is 10.1 Å². The van der Waals surface area contributed by atoms with Crippen molar-refractivity contribution in [2.75, 3.05) is 19.7 Å². The number of aryl methyl sites for hydroxylation is 1. The van der Waals surface area contributed by atoms with Crippen LogP contribution < -0.4 is 0 Å². The van der Waals surface area contributed by atoms with Crippen LogP contribution in [0, 0.1) is 6.92 Å². The minimum Gasteiger partial charge on any atom is -0.444 e. The number of benzene rings is 1. The number of nitrogens with zero attached hydrogens (tertiary/aromatic N) is 1. The van der Waals surface area contributed by atoms with Crippen LogP contribution in [0.5, 0.6) is 0 Å². The van der Waals surface area contributed by atoms with Crippen LogP contribution in [0.1, 0.15) is 39.2 Å². The molecule has 2 rings (SSSR count). The minimum absolute atomic E-state index is 0.0536. The molecule has 1 heterocycles. The summed E-state index contributed by atoms with van der Waals surface area (Å²) >= 11 is 0. The number of likely N-dealkylation sites (tertiary alicyclic amines) is 1. The lowest BCUT2D eigenvalue weighted by molar-refractivity contribution is -0.0550. The third kappa shape index (κ3) is 5.69. The van der Waals surface area contributed by atoms with Crippen LogP contribution in [0.4, 0.5) is 4.79 Å². The molecule has 26 heavy (non-hydrogen) atoms. The number of carbonyl (C=O) groups excluding carboxylic acids is 1. The fourth-order valence-electron chi connectivity index (χ4n) is 2.54. The highest BCUT2D eigenvalue weighted by Crippen LogP contribution is 2.25. The Kier molecular flexibility index (Phi) is 5.99. The van der Waals surface area contributed by atoms with E-state index < -0.39 is 27.4 Å². The number of aliphatic hydroxyl groups is 1. The first-order valence-corrected chi connectivity index (χ1v) is 9.98. The largest absolute Gasteiger partial charge is 0.444 e. The number of hydrogen-bond donors (Lipinski definition) is 1. The zero-order chi connectivity index (χ0) is 19.6. The third-order valence-corrected chi connectivity index (χ3v) is 5.42. The monoisotopic (exact) mass is 385 g/mol. The van der Waals surface area contributed by atoms with Gasteiger partial charge in [0, 0.05) is 13.1 Å². The molecule has 0 aromatic heterocycles. The Bertz CT molecular complexity index is 728. The van der Waals surface area contributed by atoms with E-state index in [1.807, 2.05) is 6.92 Å². The van der Waals surface area contributed by atoms with Crippen LogP contribution in [-0.2, 0) is 19.0 Å². The first-order chi connectivity index (χ1) is 11.9. The average Bonchev–Trinajstić information content (AvgIpc) is 2.53. The van der Waals surface area contributed by atoms with Crippen LogP contribution in [-0.4, -0.2) is 55.4 Å². The Morgan fingerprint density at radius 2 is 1.73 bits per heavy atom. The van der Waals surface area contributed by atoms with Crippen molar-refractivity contribution in [1.29, 1.82) is 0 Å². The van der Waals surface area contributed by atoms with Crippen LogP contribution in [0.25, 0.3) is 0 Å². The van der Waals surface area contributed by atoms with Crippen molar-refractivity contribution < 1.29 is 27.2 Å². The molecule has 0 aliphatic carbocycles. The summed E-state index contributed by atoms with van der Waals surface area (Å²) in [4.78, 5) is 13.6. The van der Waals surface area contributed by atoms with Crippen LogP contribution in [0.2, 0.25) is 0 Å². The Balaban J connectivity index is 1.91. The van der Waals surface area contributed by atoms with Gasteiger partial charge in [-0.3, -0.25) is 4.18 Å². The number of carbonyl (C=O) groups is 1. The lowest BCUT2D eigenvalue weighted by Crippen LogP contribution is -2.50. The van der Waals surface area contributed by atoms with Gasteiger partial charge in [-0.2, -0.15) is 8.42 Å². The lowest BCUT2D eigenvalue weighted by atomic mass is 9.93. The molecule has 1 aliphatic heterocycles. The smallest absolute Gasteiger partial charge is 0.410 e. The first kappa shape index (κ1) is 20.7. The normalized spacial score (nSPS) is 17.8. The highest BCUT2D eigenvalue weighted by atomic mass is 32.2. The molecule has 1 amide bonds. The van der Waals surface area contributed by atoms with Crippen LogP contribution in [0.3, 0.4) is 0 Å². The number of hydrogen-bond acceptors (Lipinski definition) is 6. The van der Waals surface area contributed by atoms with E-state index in [9.17, 15) is 18.3 Å². The maximum absolute atomic E-state index is 12.2. The molecule has 0 bridgehead atoms. The minimum atomic E-state index is -3.93. The highest BCUT2D eigenvalue weighted by Gasteiger charge is 2.37. The van der Waals surface area contributed by atoms with E-state index in [0.29, 0.717) is 0 Å². The van der Waals surface area contributed by atoms with E-state index in [1.165, 1.54) is 17.0 Å². The summed E-state index contributed by atoms with van der Waals surface area (Å²) in [6.07, 6.45) is -0.00144. The summed E-state index contributed by atoms with van der Waals surface area (Å²) in [6, 6.07) is 6.31. The molecule has 1 N–H and O–H groups in total. The van der Waals surface area contributed by atoms with Crippen LogP contribution in [0.15, 0.2) is 29.2 Å². The maximum atomic E-state index is 12.2. The van der Waals surface area contributed by atoms with Crippen molar-refractivity contribution in [1.82, 2.24) is 4.90 Å². The summed E-state index contributed by atoms with van der Waals surface area (Å²) in [5, 5.41) is 10.6. The van der Waals surface area contributed by atoms with Gasteiger partial charge in [-0.25, -0.2) is 4.79 Å². The second kappa shape index (κ2) is 7.54. The standard InChI is InChI=1S/C18H27NO6S/c1-14-5-7-15(8-6-14)26(22,23)24-13-18(21)9-11-19(12-10-18)16(20)25-17(2,3)4/h5-8,21H,9-13H2,1-4H3. The van der Waals surface area contributed by atoms with E-state index in [1.54, 1.807) is 32.9 Å². The summed E-state index contributed by atoms with van der Waals surface area (Å²) < 4.78 is 34.8. The molecule has 146 valence electrons. The van der Waals surface area contributed by atoms with Gasteiger partial charge in [0.05, 0.1) is 17.1 Å². The van der Waals surface area contributed by atoms with Crippen molar-refractivity contribution in [3.05, 3.63) is 29.8 Å². The molecule has 7 nitrogen and oxygen atoms in total. The lowest BCUT2D eigenvalue weighted by Gasteiger charge is -2.38. The zero-order valence-electron chi connectivity index (χ0n) is 15.7. The quantitative estimate of drug-likeness (QED) is 0.801. The third-order valence-electron chi connectivity index (χ3n) is 4.14. The van der Waals surface area contributed by atoms with Crippen LogP contribution >= 0.6 is 0 Å². The van der Waals surface area contributed by atoms with E-state index in [0.717, 1.165) is 5.56 Å². The first-order valence-electron chi connectivity index (χ1n) is 8.57. The van der Waals surface area contributed by atoms with E-state index in [-0.39, 0.29) is 37.4 Å². The topological polar surface area (TPSA) is 93.1 Å². The molecule has 8 heteroatoms. The Hall–Kier alpha value is -1.64. The summed E-state index contributed by atoms with van der Waals surface area (Å²) in [6.45, 7) is 7.43. The number of piperidine rings is 1. The van der Waals surface area contributed by atoms with E-state index in [2.05, 4.69) is 0 Å². The fourth-order valence-corrected chi connectivity index (χ4v) is 3.52. The van der Waals surface area contributed by atoms with Crippen molar-refractivity contribution in [2.24, 2.45) is 0 Å². The Morgan fingerprint density at radius 1 is 1.19 bits per heavy atom. The summed E-state index contributed by atoms with van der Waals surface area (Å²) in [7, 11) is -3.93. The molecule has 1 aliphatic rings. The predicted molar refractivity (Wildman–Crippen MR) is 96.3 cm³/mol. The Labute approximate surface area is 155 Å². The molecule has 1 fully saturated rings. The molecule has 1 saturated heterocycles. The number of rotatable bonds is 4. The molecular weight excluding hydrogens is 358 g/mol. The maximum Gasteiger partial charge on any atom is 0.410 e. The molecular formula is C18H27NO6S. The second-order valence-corrected chi connectivity index (χ2v) is 9.34. The van der Waals surface area contributed by atoms with Gasteiger partial charge in [0.15, 0.2) is 0 Å². The van der Waals surface area contributed by atoms with Crippen molar-refractivity contribution in [2.45, 2.75) is 56.6 Å². The van der Waals surface area contributed by atoms with Gasteiger partial charge in [-0.15, -0.1) is 0 Å². The molecule has 0 atom stereocenters. The van der Waals surface area contributed by atoms with Crippen molar-refractivity contribution >= 4 is 16.2 Å².